The number of H-pyrrole nitrogens is 4. The molecule has 12 nitrogen and oxygen atoms in total. The number of aryl methyl sites for hydroxylation is 1. The molecular weight excluding hydrogens is 841 g/mol. The predicted molar refractivity (Wildman–Crippen MR) is 263 cm³/mol. The monoisotopic (exact) mass is 888 g/mol. The Kier molecular flexibility index (Phi) is 15.8. The summed E-state index contributed by atoms with van der Waals surface area (Å²) in [4.78, 5) is 83.6. The minimum absolute atomic E-state index is 0.0532. The molecule has 1 fully saturated rings. The van der Waals surface area contributed by atoms with Crippen molar-refractivity contribution in [3.63, 3.8) is 0 Å². The second-order valence-electron chi connectivity index (χ2n) is 15.7. The number of Topliss-reactive ketones (excluding diaryl/α,β-unsaturated/α-hetero) is 2. The quantitative estimate of drug-likeness (QED) is 0.116. The van der Waals surface area contributed by atoms with Crippen LogP contribution in [0.15, 0.2) is 208 Å². The number of rotatable bonds is 0. The third-order valence-corrected chi connectivity index (χ3v) is 11.2. The van der Waals surface area contributed by atoms with E-state index in [1.54, 1.807) is 48.7 Å². The zero-order valence-electron chi connectivity index (χ0n) is 36.6. The van der Waals surface area contributed by atoms with E-state index >= 15 is 0 Å². The zero-order valence-corrected chi connectivity index (χ0v) is 36.6. The lowest BCUT2D eigenvalue weighted by atomic mass is 9.99. The van der Waals surface area contributed by atoms with Crippen LogP contribution in [0.5, 0.6) is 0 Å². The number of carbonyl (C=O) groups excluding carboxylic acids is 2. The van der Waals surface area contributed by atoms with Gasteiger partial charge >= 0.3 is 5.69 Å². The molecular formula is C55H48N6O6. The number of carbonyl (C=O) groups is 2. The Morgan fingerprint density at radius 1 is 0.522 bits per heavy atom. The molecule has 0 radical (unpaired) electrons. The first kappa shape index (κ1) is 46.4. The van der Waals surface area contributed by atoms with E-state index < -0.39 is 5.69 Å². The number of ketones is 2. The number of hydrogen-bond donors (Lipinski definition) is 4. The molecule has 1 saturated carbocycles. The summed E-state index contributed by atoms with van der Waals surface area (Å²) in [5.74, 6) is 0.652. The van der Waals surface area contributed by atoms with Gasteiger partial charge in [-0.15, -0.1) is 0 Å². The van der Waals surface area contributed by atoms with Gasteiger partial charge in [-0.05, 0) is 72.4 Å². The van der Waals surface area contributed by atoms with Crippen LogP contribution in [0, 0.1) is 0 Å². The molecule has 0 saturated heterocycles. The number of pyridine rings is 2. The Balaban J connectivity index is 0.000000117. The topological polar surface area (TPSA) is 191 Å². The number of aromatic amines is 4. The van der Waals surface area contributed by atoms with E-state index in [2.05, 4.69) is 54.2 Å². The zero-order chi connectivity index (χ0) is 46.9. The number of benzene rings is 5. The molecule has 1 spiro atoms. The van der Waals surface area contributed by atoms with Crippen molar-refractivity contribution in [2.24, 2.45) is 0 Å². The van der Waals surface area contributed by atoms with Gasteiger partial charge in [-0.25, -0.2) is 9.78 Å². The summed E-state index contributed by atoms with van der Waals surface area (Å²) in [5, 5.41) is 1.13. The van der Waals surface area contributed by atoms with E-state index in [9.17, 15) is 28.8 Å². The van der Waals surface area contributed by atoms with Crippen LogP contribution in [0.1, 0.15) is 68.8 Å². The number of aromatic nitrogens is 6. The second kappa shape index (κ2) is 22.8. The lowest BCUT2D eigenvalue weighted by Crippen LogP contribution is -2.21. The average Bonchev–Trinajstić information content (AvgIpc) is 3.66. The summed E-state index contributed by atoms with van der Waals surface area (Å²) in [7, 11) is 0. The predicted octanol–water partition coefficient (Wildman–Crippen LogP) is 8.97. The molecule has 9 aromatic rings. The SMILES string of the molecule is C1=Cc2cccnc2C1.O=C1CC2(CC2)c2ccccc21.O=C1CCc2ccccc21.O=c1[nH]c(=O)c2ccccc2[nH]1.O=c1[nH]cnc2ccccc12.O=c1cccc[nH]1.c1ccccc1. The molecule has 0 atom stereocenters. The van der Waals surface area contributed by atoms with Gasteiger partial charge in [0, 0.05) is 54.3 Å². The largest absolute Gasteiger partial charge is 0.329 e. The molecule has 13 rings (SSSR count). The van der Waals surface area contributed by atoms with Gasteiger partial charge in [-0.2, -0.15) is 0 Å². The molecule has 4 aromatic heterocycles. The number of nitrogens with zero attached hydrogens (tertiary/aromatic N) is 2. The number of fused-ring (bicyclic) bond motifs is 6. The van der Waals surface area contributed by atoms with E-state index in [1.165, 1.54) is 47.6 Å². The first-order valence-corrected chi connectivity index (χ1v) is 21.8. The summed E-state index contributed by atoms with van der Waals surface area (Å²) in [6.45, 7) is 0. The number of para-hydroxylation sites is 2. The maximum absolute atomic E-state index is 11.5. The van der Waals surface area contributed by atoms with Crippen molar-refractivity contribution >= 4 is 39.4 Å². The lowest BCUT2D eigenvalue weighted by molar-refractivity contribution is 0.0981. The van der Waals surface area contributed by atoms with Crippen molar-refractivity contribution in [2.45, 2.75) is 43.9 Å². The maximum atomic E-state index is 11.5. The van der Waals surface area contributed by atoms with Gasteiger partial charge in [-0.1, -0.05) is 133 Å². The van der Waals surface area contributed by atoms with E-state index in [1.807, 2.05) is 109 Å². The summed E-state index contributed by atoms with van der Waals surface area (Å²) in [6.07, 6.45) is 15.0. The summed E-state index contributed by atoms with van der Waals surface area (Å²) < 4.78 is 0. The molecule has 0 bridgehead atoms. The van der Waals surface area contributed by atoms with Crippen molar-refractivity contribution in [1.82, 2.24) is 29.9 Å². The normalized spacial score (nSPS) is 13.4. The minimum atomic E-state index is -0.473. The molecule has 12 heteroatoms. The highest BCUT2D eigenvalue weighted by Crippen LogP contribution is 2.56. The van der Waals surface area contributed by atoms with E-state index in [0.717, 1.165) is 35.9 Å². The minimum Gasteiger partial charge on any atom is -0.329 e. The molecule has 4 aliphatic rings. The van der Waals surface area contributed by atoms with E-state index in [-0.39, 0.29) is 16.7 Å². The van der Waals surface area contributed by atoms with Crippen LogP contribution in [0.25, 0.3) is 27.9 Å². The molecule has 334 valence electrons. The fraction of sp³-hybridized carbons (Fsp3) is 0.127. The smallest absolute Gasteiger partial charge is 0.326 e. The van der Waals surface area contributed by atoms with Gasteiger partial charge in [0.25, 0.3) is 11.1 Å². The highest BCUT2D eigenvalue weighted by Gasteiger charge is 2.51. The van der Waals surface area contributed by atoms with Gasteiger partial charge in [0.1, 0.15) is 0 Å². The second-order valence-corrected chi connectivity index (χ2v) is 15.7. The Morgan fingerprint density at radius 2 is 1.19 bits per heavy atom. The van der Waals surface area contributed by atoms with Crippen molar-refractivity contribution < 1.29 is 9.59 Å². The third kappa shape index (κ3) is 12.8. The Bertz CT molecular complexity index is 3320. The molecule has 0 amide bonds. The van der Waals surface area contributed by atoms with E-state index in [0.29, 0.717) is 39.7 Å². The fourth-order valence-corrected chi connectivity index (χ4v) is 7.64. The van der Waals surface area contributed by atoms with E-state index in [4.69, 9.17) is 0 Å². The number of nitrogens with one attached hydrogen (secondary N) is 4. The molecule has 4 N–H and O–H groups in total. The molecule has 0 aliphatic heterocycles. The fourth-order valence-electron chi connectivity index (χ4n) is 7.64. The highest BCUT2D eigenvalue weighted by atomic mass is 16.2. The van der Waals surface area contributed by atoms with Gasteiger partial charge in [0.15, 0.2) is 11.6 Å². The first-order valence-electron chi connectivity index (χ1n) is 21.8. The molecule has 67 heavy (non-hydrogen) atoms. The van der Waals surface area contributed by atoms with Crippen LogP contribution in [-0.4, -0.2) is 41.5 Å². The van der Waals surface area contributed by atoms with Crippen molar-refractivity contribution in [1.29, 1.82) is 0 Å². The van der Waals surface area contributed by atoms with Gasteiger partial charge in [0.2, 0.25) is 5.56 Å². The van der Waals surface area contributed by atoms with Crippen LogP contribution in [0.3, 0.4) is 0 Å². The van der Waals surface area contributed by atoms with Crippen LogP contribution < -0.4 is 22.4 Å². The molecule has 5 aromatic carbocycles. The third-order valence-electron chi connectivity index (χ3n) is 11.2. The Labute approximate surface area is 385 Å². The summed E-state index contributed by atoms with van der Waals surface area (Å²) in [5.41, 5.74) is 7.55. The number of hydrogen-bond acceptors (Lipinski definition) is 8. The van der Waals surface area contributed by atoms with Crippen LogP contribution in [0.4, 0.5) is 0 Å². The Morgan fingerprint density at radius 3 is 1.87 bits per heavy atom. The first-order chi connectivity index (χ1) is 32.7. The lowest BCUT2D eigenvalue weighted by Gasteiger charge is -2.04. The standard InChI is InChI=1S/C11H10O.C9H8O.C8H6N2O2.C8H6N2O.C8H7N.C6H6.C5H5NO/c12-10-7-11(5-6-11)9-4-2-1-3-8(9)10;10-9-6-5-7-3-1-2-4-8(7)9;11-7-5-3-1-2-4-6(5)9-8(12)10-7;11-8-6-3-1-2-4-7(6)9-5-10-8;1-3-7-4-2-6-9-8(7)5-1;1-2-4-6-5-3-1;7-5-3-1-2-4-6-5/h1-4H,5-7H2;1-4H,5-6H2;1-4H,(H2,9,10,11,12);1-5H,(H,9,10,11);1-4,6H,5H2;1-6H;1-4H,(H,6,7). The molecule has 0 unspecified atom stereocenters. The van der Waals surface area contributed by atoms with Crippen LogP contribution in [0.2, 0.25) is 0 Å². The summed E-state index contributed by atoms with van der Waals surface area (Å²) in [6, 6.07) is 51.0. The average molecular weight is 889 g/mol. The Hall–Kier alpha value is -8.64. The molecule has 4 aliphatic carbocycles. The molecule has 4 heterocycles. The van der Waals surface area contributed by atoms with Crippen molar-refractivity contribution in [2.75, 3.05) is 0 Å². The maximum Gasteiger partial charge on any atom is 0.326 e. The number of allylic oxidation sites excluding steroid dienone is 1. The van der Waals surface area contributed by atoms with Crippen LogP contribution >= 0.6 is 0 Å². The highest BCUT2D eigenvalue weighted by molar-refractivity contribution is 6.03. The van der Waals surface area contributed by atoms with Crippen LogP contribution in [-0.2, 0) is 18.3 Å². The van der Waals surface area contributed by atoms with Crippen molar-refractivity contribution in [3.8, 4) is 0 Å². The van der Waals surface area contributed by atoms with Gasteiger partial charge in [0.05, 0.1) is 33.8 Å². The summed E-state index contributed by atoms with van der Waals surface area (Å²) >= 11 is 0. The van der Waals surface area contributed by atoms with Gasteiger partial charge in [-0.3, -0.25) is 33.9 Å². The van der Waals surface area contributed by atoms with Crippen molar-refractivity contribution in [3.05, 3.63) is 264 Å². The van der Waals surface area contributed by atoms with Gasteiger partial charge < -0.3 is 15.0 Å².